The fraction of sp³-hybridized carbons (Fsp3) is 0.545. The molecular formula is C44H56Si. The Balaban J connectivity index is 1.04. The van der Waals surface area contributed by atoms with Crippen molar-refractivity contribution in [2.75, 3.05) is 0 Å². The molecule has 45 heavy (non-hydrogen) atoms. The van der Waals surface area contributed by atoms with Crippen LogP contribution in [-0.2, 0) is 0 Å². The van der Waals surface area contributed by atoms with Gasteiger partial charge in [-0.2, -0.15) is 0 Å². The Labute approximate surface area is 275 Å². The Morgan fingerprint density at radius 2 is 1.04 bits per heavy atom. The Kier molecular flexibility index (Phi) is 8.44. The third-order valence-corrected chi connectivity index (χ3v) is 19.4. The second-order valence-electron chi connectivity index (χ2n) is 16.3. The van der Waals surface area contributed by atoms with E-state index >= 15 is 0 Å². The van der Waals surface area contributed by atoms with Crippen LogP contribution in [0.25, 0.3) is 0 Å². The van der Waals surface area contributed by atoms with Gasteiger partial charge in [-0.1, -0.05) is 129 Å². The number of hydrogen-bond donors (Lipinski definition) is 0. The van der Waals surface area contributed by atoms with Crippen molar-refractivity contribution < 1.29 is 0 Å². The summed E-state index contributed by atoms with van der Waals surface area (Å²) in [4.78, 5) is 0. The Morgan fingerprint density at radius 1 is 0.578 bits per heavy atom. The molecule has 0 aliphatic heterocycles. The van der Waals surface area contributed by atoms with E-state index in [1.807, 2.05) is 0 Å². The van der Waals surface area contributed by atoms with Crippen molar-refractivity contribution in [3.63, 3.8) is 0 Å². The number of fused-ring (bicyclic) bond motifs is 3. The highest BCUT2D eigenvalue weighted by atomic mass is 28.3. The molecule has 5 saturated carbocycles. The van der Waals surface area contributed by atoms with Crippen LogP contribution in [0, 0.1) is 46.8 Å². The lowest BCUT2D eigenvalue weighted by atomic mass is 9.49. The van der Waals surface area contributed by atoms with Gasteiger partial charge in [0.05, 0.1) is 0 Å². The average molecular weight is 613 g/mol. The summed E-state index contributed by atoms with van der Waals surface area (Å²) in [7, 11) is -2.27. The quantitative estimate of drug-likeness (QED) is 0.128. The zero-order valence-corrected chi connectivity index (χ0v) is 28.7. The fourth-order valence-electron chi connectivity index (χ4n) is 12.7. The van der Waals surface area contributed by atoms with Crippen molar-refractivity contribution in [3.05, 3.63) is 103 Å². The number of benzene rings is 3. The highest BCUT2D eigenvalue weighted by molar-refractivity contribution is 7.11. The fourth-order valence-corrected chi connectivity index (χ4v) is 17.5. The SMILES string of the molecule is C=C(CC1CCC(C2(C3C4CCCCC4C4CCCCC43)CCC2)C1)C[Si](c1ccccc1)(c1ccccc1)c1ccccc1. The molecule has 0 N–H and O–H groups in total. The predicted octanol–water partition coefficient (Wildman–Crippen LogP) is 9.93. The van der Waals surface area contributed by atoms with Gasteiger partial charge in [0.15, 0.2) is 8.07 Å². The van der Waals surface area contributed by atoms with E-state index < -0.39 is 8.07 Å². The molecule has 0 saturated heterocycles. The molecule has 5 fully saturated rings. The Hall–Kier alpha value is -2.38. The number of rotatable bonds is 9. The smallest absolute Gasteiger partial charge is 0.100 e. The van der Waals surface area contributed by atoms with Crippen LogP contribution < -0.4 is 15.6 Å². The van der Waals surface area contributed by atoms with Gasteiger partial charge in [-0.25, -0.2) is 0 Å². The maximum absolute atomic E-state index is 4.92. The van der Waals surface area contributed by atoms with E-state index in [2.05, 4.69) is 91.0 Å². The maximum atomic E-state index is 4.92. The van der Waals surface area contributed by atoms with Crippen molar-refractivity contribution in [2.24, 2.45) is 46.8 Å². The van der Waals surface area contributed by atoms with E-state index in [1.54, 1.807) is 38.5 Å². The van der Waals surface area contributed by atoms with E-state index in [9.17, 15) is 0 Å². The van der Waals surface area contributed by atoms with Gasteiger partial charge in [0.1, 0.15) is 0 Å². The van der Waals surface area contributed by atoms with Crippen molar-refractivity contribution >= 4 is 23.6 Å². The molecule has 3 aromatic carbocycles. The number of allylic oxidation sites excluding steroid dienone is 1. The Morgan fingerprint density at radius 3 is 1.49 bits per heavy atom. The summed E-state index contributed by atoms with van der Waals surface area (Å²) >= 11 is 0. The van der Waals surface area contributed by atoms with E-state index in [-0.39, 0.29) is 0 Å². The molecule has 6 atom stereocenters. The largest absolute Gasteiger partial charge is 0.152 e. The summed E-state index contributed by atoms with van der Waals surface area (Å²) < 4.78 is 0. The van der Waals surface area contributed by atoms with Gasteiger partial charge in [0.25, 0.3) is 0 Å². The third kappa shape index (κ3) is 5.24. The maximum Gasteiger partial charge on any atom is 0.152 e. The summed E-state index contributed by atoms with van der Waals surface area (Å²) in [5.41, 5.74) is 2.20. The van der Waals surface area contributed by atoms with Crippen molar-refractivity contribution in [1.29, 1.82) is 0 Å². The zero-order valence-electron chi connectivity index (χ0n) is 27.7. The van der Waals surface area contributed by atoms with Crippen LogP contribution in [0.15, 0.2) is 103 Å². The van der Waals surface area contributed by atoms with Gasteiger partial charge >= 0.3 is 0 Å². The summed E-state index contributed by atoms with van der Waals surface area (Å²) in [6, 6.07) is 35.6. The minimum absolute atomic E-state index is 0.698. The highest BCUT2D eigenvalue weighted by Crippen LogP contribution is 2.70. The third-order valence-electron chi connectivity index (χ3n) is 14.4. The molecule has 8 rings (SSSR count). The normalized spacial score (nSPS) is 32.3. The van der Waals surface area contributed by atoms with E-state index in [0.29, 0.717) is 5.41 Å². The van der Waals surface area contributed by atoms with Crippen LogP contribution in [0.2, 0.25) is 6.04 Å². The molecule has 6 unspecified atom stereocenters. The van der Waals surface area contributed by atoms with Gasteiger partial charge in [0, 0.05) is 0 Å². The van der Waals surface area contributed by atoms with Gasteiger partial charge < -0.3 is 0 Å². The van der Waals surface area contributed by atoms with Crippen LogP contribution in [0.5, 0.6) is 0 Å². The first kappa shape index (κ1) is 30.0. The van der Waals surface area contributed by atoms with Crippen LogP contribution >= 0.6 is 0 Å². The highest BCUT2D eigenvalue weighted by Gasteiger charge is 2.62. The molecule has 5 aliphatic rings. The number of hydrogen-bond acceptors (Lipinski definition) is 0. The van der Waals surface area contributed by atoms with Crippen LogP contribution in [-0.4, -0.2) is 8.07 Å². The summed E-state index contributed by atoms with van der Waals surface area (Å²) in [6.07, 6.45) is 22.7. The van der Waals surface area contributed by atoms with Crippen molar-refractivity contribution in [1.82, 2.24) is 0 Å². The molecule has 0 amide bonds. The molecule has 0 nitrogen and oxygen atoms in total. The molecule has 0 bridgehead atoms. The predicted molar refractivity (Wildman–Crippen MR) is 194 cm³/mol. The summed E-state index contributed by atoms with van der Waals surface area (Å²) in [5.74, 6) is 7.23. The van der Waals surface area contributed by atoms with Crippen LogP contribution in [0.1, 0.15) is 96.3 Å². The first-order valence-corrected chi connectivity index (χ1v) is 21.2. The molecular weight excluding hydrogens is 557 g/mol. The minimum atomic E-state index is -2.27. The van der Waals surface area contributed by atoms with Crippen LogP contribution in [0.3, 0.4) is 0 Å². The minimum Gasteiger partial charge on any atom is -0.100 e. The Bertz CT molecular complexity index is 1300. The van der Waals surface area contributed by atoms with Crippen LogP contribution in [0.4, 0.5) is 0 Å². The first-order valence-electron chi connectivity index (χ1n) is 19.0. The molecule has 3 aromatic rings. The second-order valence-corrected chi connectivity index (χ2v) is 20.2. The topological polar surface area (TPSA) is 0 Å². The zero-order chi connectivity index (χ0) is 30.3. The molecule has 1 heteroatoms. The lowest BCUT2D eigenvalue weighted by molar-refractivity contribution is -0.0669. The summed E-state index contributed by atoms with van der Waals surface area (Å²) in [5, 5.41) is 4.56. The molecule has 0 heterocycles. The van der Waals surface area contributed by atoms with Gasteiger partial charge in [-0.3, -0.25) is 0 Å². The monoisotopic (exact) mass is 612 g/mol. The second kappa shape index (κ2) is 12.7. The standard InChI is InChI=1S/C44H56Si/c1-33(32-45(36-16-5-2-6-17-36,37-18-7-3-8-19-37)38-20-9-4-10-21-38)30-34-26-27-35(31-34)44(28-15-29-44)43-41-24-13-11-22-39(41)40-23-12-14-25-42(40)43/h2-10,16-21,34-35,39-43H,1,11-15,22-32H2. The van der Waals surface area contributed by atoms with Gasteiger partial charge in [0.2, 0.25) is 0 Å². The molecule has 0 spiro atoms. The molecule has 236 valence electrons. The van der Waals surface area contributed by atoms with Crippen molar-refractivity contribution in [3.8, 4) is 0 Å². The average Bonchev–Trinajstić information content (AvgIpc) is 3.68. The van der Waals surface area contributed by atoms with Gasteiger partial charge in [-0.05, 0) is 133 Å². The summed E-state index contributed by atoms with van der Waals surface area (Å²) in [6.45, 7) is 4.92. The van der Waals surface area contributed by atoms with Gasteiger partial charge in [-0.15, -0.1) is 6.58 Å². The lowest BCUT2D eigenvalue weighted by Crippen LogP contribution is -2.67. The van der Waals surface area contributed by atoms with Crippen molar-refractivity contribution in [2.45, 2.75) is 102 Å². The first-order chi connectivity index (χ1) is 22.2. The molecule has 0 radical (unpaired) electrons. The molecule has 0 aromatic heterocycles. The lowest BCUT2D eigenvalue weighted by Gasteiger charge is -2.56. The molecule has 5 aliphatic carbocycles. The van der Waals surface area contributed by atoms with E-state index in [1.165, 1.54) is 78.9 Å². The van der Waals surface area contributed by atoms with E-state index in [0.717, 1.165) is 47.5 Å². The van der Waals surface area contributed by atoms with E-state index in [4.69, 9.17) is 6.58 Å².